The second-order valence-electron chi connectivity index (χ2n) is 5.02. The summed E-state index contributed by atoms with van der Waals surface area (Å²) in [5.74, 6) is 0.205. The van der Waals surface area contributed by atoms with Crippen molar-refractivity contribution in [3.63, 3.8) is 0 Å². The molecule has 0 heterocycles. The van der Waals surface area contributed by atoms with Crippen molar-refractivity contribution in [2.45, 2.75) is 38.3 Å². The summed E-state index contributed by atoms with van der Waals surface area (Å²) in [4.78, 5) is 1.94. The molecule has 5 N–H and O–H groups in total. The molecule has 2 atom stereocenters. The fourth-order valence-corrected chi connectivity index (χ4v) is 1.76. The molecule has 17 heavy (non-hydrogen) atoms. The van der Waals surface area contributed by atoms with Crippen LogP contribution in [0.5, 0.6) is 0 Å². The first-order chi connectivity index (χ1) is 7.80. The zero-order valence-corrected chi connectivity index (χ0v) is 11.3. The number of hydrogen-bond acceptors (Lipinski definition) is 5. The molecule has 0 bridgehead atoms. The van der Waals surface area contributed by atoms with Crippen molar-refractivity contribution in [1.29, 1.82) is 0 Å². The van der Waals surface area contributed by atoms with Gasteiger partial charge in [0.1, 0.15) is 5.84 Å². The fraction of sp³-hybridized carbons (Fsp3) is 0.909. The summed E-state index contributed by atoms with van der Waals surface area (Å²) < 4.78 is 0. The van der Waals surface area contributed by atoms with Gasteiger partial charge in [0.15, 0.2) is 0 Å². The van der Waals surface area contributed by atoms with Crippen LogP contribution in [0.1, 0.15) is 26.7 Å². The Hall–Kier alpha value is -0.850. The number of hydrogen-bond donors (Lipinski definition) is 4. The van der Waals surface area contributed by atoms with E-state index in [0.717, 1.165) is 6.42 Å². The lowest BCUT2D eigenvalue weighted by atomic mass is 10.0. The molecule has 0 radical (unpaired) electrons. The minimum Gasteiger partial charge on any atom is -0.409 e. The van der Waals surface area contributed by atoms with Gasteiger partial charge in [-0.3, -0.25) is 0 Å². The monoisotopic (exact) mass is 246 g/mol. The summed E-state index contributed by atoms with van der Waals surface area (Å²) in [5, 5.41) is 24.8. The summed E-state index contributed by atoms with van der Waals surface area (Å²) in [6.45, 7) is 4.86. The largest absolute Gasteiger partial charge is 0.409 e. The number of nitrogens with zero attached hydrogens (tertiary/aromatic N) is 2. The number of amidine groups is 1. The first-order valence-electron chi connectivity index (χ1n) is 5.87. The van der Waals surface area contributed by atoms with Crippen LogP contribution in [0.15, 0.2) is 5.16 Å². The molecule has 0 aromatic heterocycles. The molecule has 0 aliphatic carbocycles. The topological polar surface area (TPSA) is 94.1 Å². The van der Waals surface area contributed by atoms with E-state index in [1.54, 1.807) is 6.92 Å². The number of oxime groups is 1. The van der Waals surface area contributed by atoms with Crippen molar-refractivity contribution in [2.24, 2.45) is 10.9 Å². The molecule has 0 rings (SSSR count). The van der Waals surface area contributed by atoms with Gasteiger partial charge in [0.05, 0.1) is 5.60 Å². The quantitative estimate of drug-likeness (QED) is 0.206. The lowest BCUT2D eigenvalue weighted by Crippen LogP contribution is -2.48. The molecule has 0 saturated heterocycles. The number of aliphatic hydroxyl groups is 1. The molecule has 0 aromatic rings. The van der Waals surface area contributed by atoms with Crippen LogP contribution in [0.25, 0.3) is 0 Å². The number of nitrogens with one attached hydrogen (secondary N) is 1. The van der Waals surface area contributed by atoms with Gasteiger partial charge in [-0.25, -0.2) is 0 Å². The normalized spacial score (nSPS) is 18.1. The van der Waals surface area contributed by atoms with Crippen molar-refractivity contribution < 1.29 is 10.3 Å². The molecule has 0 saturated carbocycles. The average Bonchev–Trinajstić information content (AvgIpc) is 2.21. The number of nitrogens with two attached hydrogens (primary N) is 1. The maximum Gasteiger partial charge on any atom is 0.140 e. The maximum atomic E-state index is 10.1. The van der Waals surface area contributed by atoms with Crippen LogP contribution in [0.2, 0.25) is 0 Å². The molecule has 0 amide bonds. The highest BCUT2D eigenvalue weighted by Crippen LogP contribution is 2.05. The zero-order chi connectivity index (χ0) is 13.5. The van der Waals surface area contributed by atoms with Gasteiger partial charge < -0.3 is 26.3 Å². The van der Waals surface area contributed by atoms with Gasteiger partial charge in [-0.1, -0.05) is 12.1 Å². The third-order valence-corrected chi connectivity index (χ3v) is 2.51. The predicted octanol–water partition coefficient (Wildman–Crippen LogP) is -0.196. The van der Waals surface area contributed by atoms with E-state index in [1.165, 1.54) is 0 Å². The van der Waals surface area contributed by atoms with E-state index >= 15 is 0 Å². The highest BCUT2D eigenvalue weighted by molar-refractivity contribution is 5.80. The second kappa shape index (κ2) is 7.47. The number of rotatable bonds is 8. The highest BCUT2D eigenvalue weighted by atomic mass is 16.4. The Labute approximate surface area is 103 Å². The van der Waals surface area contributed by atoms with Gasteiger partial charge in [-0.05, 0) is 27.4 Å². The van der Waals surface area contributed by atoms with Crippen LogP contribution in [0.3, 0.4) is 0 Å². The predicted molar refractivity (Wildman–Crippen MR) is 69.3 cm³/mol. The van der Waals surface area contributed by atoms with Crippen LogP contribution < -0.4 is 11.1 Å². The summed E-state index contributed by atoms with van der Waals surface area (Å²) >= 11 is 0. The Kier molecular flexibility index (Phi) is 7.10. The SMILES string of the molecule is CCC(CC(N)=NO)NCC(C)(O)CN(C)C. The Morgan fingerprint density at radius 2 is 2.12 bits per heavy atom. The number of likely N-dealkylation sites (N-methyl/N-ethyl adjacent to an activating group) is 1. The third kappa shape index (κ3) is 7.95. The van der Waals surface area contributed by atoms with Crippen LogP contribution in [0.4, 0.5) is 0 Å². The van der Waals surface area contributed by atoms with Crippen molar-refractivity contribution in [3.8, 4) is 0 Å². The highest BCUT2D eigenvalue weighted by Gasteiger charge is 2.22. The Morgan fingerprint density at radius 3 is 2.53 bits per heavy atom. The molecule has 0 aliphatic rings. The Morgan fingerprint density at radius 1 is 1.53 bits per heavy atom. The smallest absolute Gasteiger partial charge is 0.140 e. The first-order valence-corrected chi connectivity index (χ1v) is 5.87. The summed E-state index contributed by atoms with van der Waals surface area (Å²) in [6, 6.07) is 0.111. The van der Waals surface area contributed by atoms with Crippen molar-refractivity contribution in [1.82, 2.24) is 10.2 Å². The van der Waals surface area contributed by atoms with Gasteiger partial charge in [-0.2, -0.15) is 0 Å². The Balaban J connectivity index is 4.13. The standard InChI is InChI=1S/C11H26N4O2/c1-5-9(6-10(12)14-17)13-7-11(2,16)8-15(3)4/h9,13,16-17H,5-8H2,1-4H3,(H2,12,14). The molecule has 6 nitrogen and oxygen atoms in total. The molecular weight excluding hydrogens is 220 g/mol. The van der Waals surface area contributed by atoms with E-state index in [4.69, 9.17) is 10.9 Å². The molecule has 2 unspecified atom stereocenters. The van der Waals surface area contributed by atoms with Crippen molar-refractivity contribution >= 4 is 5.84 Å². The minimum atomic E-state index is -0.790. The molecule has 0 aliphatic heterocycles. The maximum absolute atomic E-state index is 10.1. The molecule has 0 fully saturated rings. The van der Waals surface area contributed by atoms with Crippen LogP contribution in [-0.2, 0) is 0 Å². The second-order valence-corrected chi connectivity index (χ2v) is 5.02. The van der Waals surface area contributed by atoms with E-state index in [-0.39, 0.29) is 11.9 Å². The van der Waals surface area contributed by atoms with E-state index < -0.39 is 5.60 Å². The Bertz CT molecular complexity index is 242. The fourth-order valence-electron chi connectivity index (χ4n) is 1.76. The average molecular weight is 246 g/mol. The zero-order valence-electron chi connectivity index (χ0n) is 11.3. The van der Waals surface area contributed by atoms with E-state index in [9.17, 15) is 5.11 Å². The lowest BCUT2D eigenvalue weighted by Gasteiger charge is -2.29. The van der Waals surface area contributed by atoms with Crippen molar-refractivity contribution in [3.05, 3.63) is 0 Å². The van der Waals surface area contributed by atoms with Crippen LogP contribution in [-0.4, -0.2) is 59.9 Å². The van der Waals surface area contributed by atoms with E-state index in [1.807, 2.05) is 25.9 Å². The van der Waals surface area contributed by atoms with E-state index in [0.29, 0.717) is 19.5 Å². The van der Waals surface area contributed by atoms with E-state index in [2.05, 4.69) is 10.5 Å². The third-order valence-electron chi connectivity index (χ3n) is 2.51. The summed E-state index contributed by atoms with van der Waals surface area (Å²) in [7, 11) is 3.84. The molecule has 6 heteroatoms. The van der Waals surface area contributed by atoms with Gasteiger partial charge in [0, 0.05) is 25.6 Å². The summed E-state index contributed by atoms with van der Waals surface area (Å²) in [6.07, 6.45) is 1.33. The molecular formula is C11H26N4O2. The minimum absolute atomic E-state index is 0.111. The van der Waals surface area contributed by atoms with Crippen LogP contribution in [0, 0.1) is 0 Å². The van der Waals surface area contributed by atoms with Gasteiger partial charge in [0.25, 0.3) is 0 Å². The first kappa shape index (κ1) is 16.1. The molecule has 0 aromatic carbocycles. The van der Waals surface area contributed by atoms with Gasteiger partial charge >= 0.3 is 0 Å². The van der Waals surface area contributed by atoms with Gasteiger partial charge in [0.2, 0.25) is 0 Å². The van der Waals surface area contributed by atoms with Gasteiger partial charge in [-0.15, -0.1) is 0 Å². The molecule has 102 valence electrons. The molecule has 0 spiro atoms. The van der Waals surface area contributed by atoms with Crippen LogP contribution >= 0.6 is 0 Å². The lowest BCUT2D eigenvalue weighted by molar-refractivity contribution is 0.0313. The van der Waals surface area contributed by atoms with Crippen molar-refractivity contribution in [2.75, 3.05) is 27.2 Å². The summed E-state index contributed by atoms with van der Waals surface area (Å²) in [5.41, 5.74) is 4.67.